The zero-order valence-corrected chi connectivity index (χ0v) is 18.4. The van der Waals surface area contributed by atoms with Gasteiger partial charge in [-0.1, -0.05) is 24.3 Å². The van der Waals surface area contributed by atoms with E-state index < -0.39 is 0 Å². The van der Waals surface area contributed by atoms with Crippen LogP contribution in [-0.2, 0) is 0 Å². The number of anilines is 1. The number of piperazine rings is 1. The van der Waals surface area contributed by atoms with Crippen molar-refractivity contribution in [2.45, 2.75) is 13.1 Å². The molecule has 162 valence electrons. The summed E-state index contributed by atoms with van der Waals surface area (Å²) >= 11 is 0. The molecule has 1 amide bonds. The first-order valence-electron chi connectivity index (χ1n) is 10.7. The van der Waals surface area contributed by atoms with Crippen molar-refractivity contribution in [2.75, 3.05) is 45.2 Å². The van der Waals surface area contributed by atoms with Gasteiger partial charge in [-0.05, 0) is 56.9 Å². The Morgan fingerprint density at radius 2 is 1.77 bits per heavy atom. The molecule has 2 heterocycles. The van der Waals surface area contributed by atoms with Gasteiger partial charge in [0.2, 0.25) is 0 Å². The van der Waals surface area contributed by atoms with E-state index in [1.54, 1.807) is 0 Å². The normalized spacial score (nSPS) is 15.6. The van der Waals surface area contributed by atoms with Crippen molar-refractivity contribution in [1.82, 2.24) is 25.7 Å². The van der Waals surface area contributed by atoms with E-state index in [2.05, 4.69) is 61.9 Å². The molecule has 1 atom stereocenters. The lowest BCUT2D eigenvalue weighted by atomic mass is 10.1. The van der Waals surface area contributed by atoms with Crippen molar-refractivity contribution < 1.29 is 4.79 Å². The van der Waals surface area contributed by atoms with E-state index in [4.69, 9.17) is 0 Å². The van der Waals surface area contributed by atoms with Crippen molar-refractivity contribution in [1.29, 1.82) is 0 Å². The summed E-state index contributed by atoms with van der Waals surface area (Å²) in [6.45, 7) is 6.20. The first-order valence-corrected chi connectivity index (χ1v) is 10.7. The van der Waals surface area contributed by atoms with Gasteiger partial charge in [-0.25, -0.2) is 0 Å². The lowest BCUT2D eigenvalue weighted by molar-refractivity contribution is 0.0935. The predicted octanol–water partition coefficient (Wildman–Crippen LogP) is 2.79. The molecule has 0 saturated carbocycles. The minimum Gasteiger partial charge on any atom is -0.369 e. The van der Waals surface area contributed by atoms with Gasteiger partial charge in [-0.15, -0.1) is 0 Å². The number of benzene rings is 2. The number of amides is 1. The Labute approximate surface area is 183 Å². The monoisotopic (exact) mass is 418 g/mol. The summed E-state index contributed by atoms with van der Waals surface area (Å²) < 4.78 is 0. The van der Waals surface area contributed by atoms with Crippen LogP contribution in [0.2, 0.25) is 0 Å². The second-order valence-electron chi connectivity index (χ2n) is 8.07. The molecule has 0 aliphatic carbocycles. The van der Waals surface area contributed by atoms with Crippen molar-refractivity contribution >= 4 is 11.6 Å². The smallest absolute Gasteiger partial charge is 0.252 e. The summed E-state index contributed by atoms with van der Waals surface area (Å²) in [5.74, 6) is -0.112. The van der Waals surface area contributed by atoms with Crippen LogP contribution in [0.15, 0.2) is 54.6 Å². The van der Waals surface area contributed by atoms with Crippen LogP contribution in [0.25, 0.3) is 22.5 Å². The molecule has 31 heavy (non-hydrogen) atoms. The van der Waals surface area contributed by atoms with Gasteiger partial charge in [0.1, 0.15) is 0 Å². The third-order valence-electron chi connectivity index (χ3n) is 5.83. The molecule has 1 aliphatic heterocycles. The number of nitrogens with zero attached hydrogens (tertiary/aromatic N) is 3. The maximum absolute atomic E-state index is 12.4. The molecule has 1 unspecified atom stereocenters. The molecular formula is C24H30N6O. The summed E-state index contributed by atoms with van der Waals surface area (Å²) in [6, 6.07) is 18.2. The average Bonchev–Trinajstić information content (AvgIpc) is 3.30. The molecule has 7 nitrogen and oxygen atoms in total. The number of rotatable bonds is 6. The first-order chi connectivity index (χ1) is 15.0. The van der Waals surface area contributed by atoms with Gasteiger partial charge < -0.3 is 20.4 Å². The first kappa shape index (κ1) is 21.1. The Hall–Kier alpha value is -3.16. The third kappa shape index (κ3) is 4.95. The number of carbonyl (C=O) groups excluding carboxylic acids is 1. The molecule has 0 radical (unpaired) electrons. The van der Waals surface area contributed by atoms with Gasteiger partial charge in [-0.3, -0.25) is 9.89 Å². The van der Waals surface area contributed by atoms with E-state index in [1.807, 2.05) is 44.3 Å². The highest BCUT2D eigenvalue weighted by atomic mass is 16.1. The van der Waals surface area contributed by atoms with E-state index in [-0.39, 0.29) is 12.1 Å². The van der Waals surface area contributed by atoms with Crippen molar-refractivity contribution in [3.63, 3.8) is 0 Å². The van der Waals surface area contributed by atoms with Gasteiger partial charge in [0.25, 0.3) is 5.91 Å². The predicted molar refractivity (Wildman–Crippen MR) is 125 cm³/mol. The van der Waals surface area contributed by atoms with E-state index in [1.165, 1.54) is 5.69 Å². The molecular weight excluding hydrogens is 388 g/mol. The summed E-state index contributed by atoms with van der Waals surface area (Å²) in [6.07, 6.45) is -0.0954. The number of carbonyl (C=O) groups is 1. The fraction of sp³-hybridized carbons (Fsp3) is 0.333. The molecule has 1 aliphatic rings. The zero-order valence-electron chi connectivity index (χ0n) is 18.4. The summed E-state index contributed by atoms with van der Waals surface area (Å²) in [4.78, 5) is 17.2. The van der Waals surface area contributed by atoms with Crippen LogP contribution < -0.4 is 15.5 Å². The minimum absolute atomic E-state index is 0.0954. The second-order valence-corrected chi connectivity index (χ2v) is 8.07. The average molecular weight is 419 g/mol. The molecule has 1 fully saturated rings. The van der Waals surface area contributed by atoms with Crippen LogP contribution >= 0.6 is 0 Å². The zero-order chi connectivity index (χ0) is 21.8. The van der Waals surface area contributed by atoms with Crippen LogP contribution in [0.1, 0.15) is 17.3 Å². The van der Waals surface area contributed by atoms with Crippen LogP contribution in [-0.4, -0.2) is 67.4 Å². The fourth-order valence-electron chi connectivity index (χ4n) is 3.71. The molecule has 3 N–H and O–H groups in total. The molecule has 2 aromatic carbocycles. The number of aromatic amines is 1. The Bertz CT molecular complexity index is 1020. The van der Waals surface area contributed by atoms with Gasteiger partial charge in [0.15, 0.2) is 0 Å². The number of nitrogens with one attached hydrogen (secondary N) is 3. The lowest BCUT2D eigenvalue weighted by Gasteiger charge is -2.34. The summed E-state index contributed by atoms with van der Waals surface area (Å²) in [5, 5.41) is 13.5. The molecule has 0 spiro atoms. The van der Waals surface area contributed by atoms with Crippen LogP contribution in [0.3, 0.4) is 0 Å². The van der Waals surface area contributed by atoms with E-state index in [9.17, 15) is 4.79 Å². The third-order valence-corrected chi connectivity index (χ3v) is 5.83. The number of H-pyrrole nitrogens is 1. The maximum atomic E-state index is 12.4. The minimum atomic E-state index is -0.112. The molecule has 0 bridgehead atoms. The quantitative estimate of drug-likeness (QED) is 0.537. The number of aromatic nitrogens is 2. The van der Waals surface area contributed by atoms with Crippen LogP contribution in [0, 0.1) is 0 Å². The van der Waals surface area contributed by atoms with Gasteiger partial charge in [-0.2, -0.15) is 5.10 Å². The summed E-state index contributed by atoms with van der Waals surface area (Å²) in [7, 11) is 3.98. The van der Waals surface area contributed by atoms with Crippen molar-refractivity contribution in [2.24, 2.45) is 0 Å². The molecule has 4 rings (SSSR count). The fourth-order valence-corrected chi connectivity index (χ4v) is 3.71. The highest BCUT2D eigenvalue weighted by Gasteiger charge is 2.15. The number of hydrogen-bond donors (Lipinski definition) is 3. The van der Waals surface area contributed by atoms with E-state index in [0.717, 1.165) is 48.7 Å². The maximum Gasteiger partial charge on any atom is 0.252 e. The Balaban J connectivity index is 1.48. The SMILES string of the molecule is CNC(C)NC(=O)c1cccc(-c2cc(-c3ccc(N4CCN(C)CC4)cc3)[nH]n2)c1. The van der Waals surface area contributed by atoms with Gasteiger partial charge in [0.05, 0.1) is 17.6 Å². The standard InChI is InChI=1S/C24H30N6O/c1-17(25-2)26-24(31)20-6-4-5-19(15-20)23-16-22(27-28-23)18-7-9-21(10-8-18)30-13-11-29(3)12-14-30/h4-10,15-17,25H,11-14H2,1-3H3,(H,26,31)(H,27,28). The van der Waals surface area contributed by atoms with E-state index in [0.29, 0.717) is 5.56 Å². The van der Waals surface area contributed by atoms with Gasteiger partial charge >= 0.3 is 0 Å². The highest BCUT2D eigenvalue weighted by molar-refractivity contribution is 5.95. The lowest BCUT2D eigenvalue weighted by Crippen LogP contribution is -2.44. The van der Waals surface area contributed by atoms with Crippen molar-refractivity contribution in [3.05, 3.63) is 60.2 Å². The molecule has 1 saturated heterocycles. The topological polar surface area (TPSA) is 76.3 Å². The Morgan fingerprint density at radius 3 is 2.48 bits per heavy atom. The Kier molecular flexibility index (Phi) is 6.34. The van der Waals surface area contributed by atoms with Gasteiger partial charge in [0, 0.05) is 43.0 Å². The second kappa shape index (κ2) is 9.32. The molecule has 7 heteroatoms. The number of hydrogen-bond acceptors (Lipinski definition) is 5. The highest BCUT2D eigenvalue weighted by Crippen LogP contribution is 2.26. The van der Waals surface area contributed by atoms with Crippen LogP contribution in [0.5, 0.6) is 0 Å². The summed E-state index contributed by atoms with van der Waals surface area (Å²) in [5.41, 5.74) is 5.63. The van der Waals surface area contributed by atoms with Crippen molar-refractivity contribution in [3.8, 4) is 22.5 Å². The van der Waals surface area contributed by atoms with E-state index >= 15 is 0 Å². The Morgan fingerprint density at radius 1 is 1.03 bits per heavy atom. The van der Waals surface area contributed by atoms with Crippen LogP contribution in [0.4, 0.5) is 5.69 Å². The largest absolute Gasteiger partial charge is 0.369 e. The molecule has 3 aromatic rings. The molecule has 1 aromatic heterocycles. The number of likely N-dealkylation sites (N-methyl/N-ethyl adjacent to an activating group) is 1.